The van der Waals surface area contributed by atoms with Crippen LogP contribution in [0.15, 0.2) is 41.6 Å². The van der Waals surface area contributed by atoms with Gasteiger partial charge in [-0.15, -0.1) is 0 Å². The van der Waals surface area contributed by atoms with E-state index < -0.39 is 0 Å². The number of carbonyl (C=O) groups excluding carboxylic acids is 1. The van der Waals surface area contributed by atoms with Crippen LogP contribution in [-0.2, 0) is 17.9 Å². The zero-order chi connectivity index (χ0) is 15.2. The van der Waals surface area contributed by atoms with Gasteiger partial charge in [0.25, 0.3) is 0 Å². The summed E-state index contributed by atoms with van der Waals surface area (Å²) in [6.07, 6.45) is 4.53. The Hall–Kier alpha value is -2.67. The Balaban J connectivity index is 2.18. The van der Waals surface area contributed by atoms with E-state index in [9.17, 15) is 14.7 Å². The second kappa shape index (κ2) is 6.67. The molecule has 0 aromatic carbocycles. The summed E-state index contributed by atoms with van der Waals surface area (Å²) in [6.45, 7) is -0.402. The average molecular weight is 289 g/mol. The van der Waals surface area contributed by atoms with Gasteiger partial charge in [-0.2, -0.15) is 0 Å². The molecule has 0 radical (unpaired) electrons. The monoisotopic (exact) mass is 289 g/mol. The van der Waals surface area contributed by atoms with E-state index in [-0.39, 0.29) is 30.2 Å². The van der Waals surface area contributed by atoms with Gasteiger partial charge in [0.05, 0.1) is 31.8 Å². The third-order valence-corrected chi connectivity index (χ3v) is 2.82. The minimum Gasteiger partial charge on any atom is -0.491 e. The Morgan fingerprint density at radius 2 is 2.33 bits per heavy atom. The summed E-state index contributed by atoms with van der Waals surface area (Å²) in [5.41, 5.74) is 0.564. The van der Waals surface area contributed by atoms with Crippen molar-refractivity contribution >= 4 is 11.6 Å². The summed E-state index contributed by atoms with van der Waals surface area (Å²) in [6, 6.07) is 4.66. The Kier molecular flexibility index (Phi) is 4.68. The molecule has 7 heteroatoms. The number of hydrogen-bond acceptors (Lipinski definition) is 5. The normalized spacial score (nSPS) is 10.2. The molecule has 2 aromatic heterocycles. The molecule has 2 heterocycles. The number of anilines is 1. The molecule has 0 saturated carbocycles. The Morgan fingerprint density at radius 3 is 2.95 bits per heavy atom. The molecule has 0 unspecified atom stereocenters. The highest BCUT2D eigenvalue weighted by Crippen LogP contribution is 2.08. The summed E-state index contributed by atoms with van der Waals surface area (Å²) in [5.74, 6) is -0.190. The van der Waals surface area contributed by atoms with E-state index >= 15 is 0 Å². The number of aromatic nitrogens is 2. The minimum atomic E-state index is -0.348. The third kappa shape index (κ3) is 3.67. The van der Waals surface area contributed by atoms with Crippen molar-refractivity contribution in [2.24, 2.45) is 0 Å². The molecule has 0 saturated heterocycles. The number of ether oxygens (including phenoxy) is 1. The number of carbonyl (C=O) groups is 1. The lowest BCUT2D eigenvalue weighted by Gasteiger charge is -2.13. The number of aliphatic hydroxyl groups excluding tert-OH is 1. The second-order valence-corrected chi connectivity index (χ2v) is 4.27. The van der Waals surface area contributed by atoms with E-state index in [1.54, 1.807) is 18.3 Å². The lowest BCUT2D eigenvalue weighted by atomic mass is 10.3. The van der Waals surface area contributed by atoms with Gasteiger partial charge in [0.1, 0.15) is 6.54 Å². The highest BCUT2D eigenvalue weighted by molar-refractivity contribution is 5.90. The number of nitrogens with one attached hydrogen (secondary N) is 1. The Morgan fingerprint density at radius 1 is 1.52 bits per heavy atom. The lowest BCUT2D eigenvalue weighted by molar-refractivity contribution is -0.116. The molecule has 1 amide bonds. The van der Waals surface area contributed by atoms with E-state index in [1.807, 2.05) is 0 Å². The molecule has 110 valence electrons. The zero-order valence-electron chi connectivity index (χ0n) is 11.4. The maximum atomic E-state index is 12.0. The molecule has 0 aliphatic rings. The second-order valence-electron chi connectivity index (χ2n) is 4.27. The highest BCUT2D eigenvalue weighted by Gasteiger charge is 2.10. The molecule has 0 aliphatic heterocycles. The molecule has 2 aromatic rings. The van der Waals surface area contributed by atoms with Gasteiger partial charge in [0.15, 0.2) is 5.75 Å². The fraction of sp³-hybridized carbons (Fsp3) is 0.214. The van der Waals surface area contributed by atoms with E-state index in [2.05, 4.69) is 10.3 Å². The maximum absolute atomic E-state index is 12.0. The van der Waals surface area contributed by atoms with Gasteiger partial charge in [0.2, 0.25) is 11.3 Å². The number of nitrogens with zero attached hydrogens (tertiary/aromatic N) is 2. The van der Waals surface area contributed by atoms with E-state index in [0.717, 1.165) is 0 Å². The number of rotatable bonds is 5. The van der Waals surface area contributed by atoms with Crippen LogP contribution in [0.3, 0.4) is 0 Å². The van der Waals surface area contributed by atoms with Crippen LogP contribution in [0, 0.1) is 0 Å². The molecule has 0 bridgehead atoms. The summed E-state index contributed by atoms with van der Waals surface area (Å²) in [4.78, 5) is 27.5. The molecule has 21 heavy (non-hydrogen) atoms. The van der Waals surface area contributed by atoms with E-state index in [0.29, 0.717) is 11.4 Å². The summed E-state index contributed by atoms with van der Waals surface area (Å²) < 4.78 is 6.39. The number of pyridine rings is 2. The van der Waals surface area contributed by atoms with Crippen molar-refractivity contribution in [3.8, 4) is 5.75 Å². The van der Waals surface area contributed by atoms with Gasteiger partial charge >= 0.3 is 0 Å². The Bertz CT molecular complexity index is 682. The first kappa shape index (κ1) is 14.7. The lowest BCUT2D eigenvalue weighted by Crippen LogP contribution is -2.23. The summed E-state index contributed by atoms with van der Waals surface area (Å²) in [7, 11) is 1.37. The molecule has 2 rings (SSSR count). The van der Waals surface area contributed by atoms with Crippen LogP contribution >= 0.6 is 0 Å². The predicted octanol–water partition coefficient (Wildman–Crippen LogP) is 0.383. The maximum Gasteiger partial charge on any atom is 0.244 e. The van der Waals surface area contributed by atoms with Gasteiger partial charge in [-0.3, -0.25) is 14.6 Å². The van der Waals surface area contributed by atoms with E-state index in [1.165, 1.54) is 30.1 Å². The van der Waals surface area contributed by atoms with Crippen LogP contribution in [0.2, 0.25) is 0 Å². The molecule has 0 fully saturated rings. The molecule has 0 spiro atoms. The van der Waals surface area contributed by atoms with Crippen molar-refractivity contribution in [3.05, 3.63) is 52.7 Å². The summed E-state index contributed by atoms with van der Waals surface area (Å²) in [5, 5.41) is 11.9. The minimum absolute atomic E-state index is 0.0541. The standard InChI is InChI=1S/C14H15N3O4/c1-21-13-7-17(11(9-18)5-12(13)19)8-14(20)16-10-3-2-4-15-6-10/h2-7,18H,8-9H2,1H3,(H,16,20). The van der Waals surface area contributed by atoms with Crippen LogP contribution in [0.1, 0.15) is 5.69 Å². The molecule has 0 aliphatic carbocycles. The van der Waals surface area contributed by atoms with Crippen molar-refractivity contribution in [2.75, 3.05) is 12.4 Å². The fourth-order valence-electron chi connectivity index (χ4n) is 1.82. The average Bonchev–Trinajstić information content (AvgIpc) is 2.49. The number of hydrogen-bond donors (Lipinski definition) is 2. The van der Waals surface area contributed by atoms with Crippen LogP contribution in [-0.4, -0.2) is 27.7 Å². The largest absolute Gasteiger partial charge is 0.491 e. The SMILES string of the molecule is COc1cn(CC(=O)Nc2cccnc2)c(CO)cc1=O. The van der Waals surface area contributed by atoms with Crippen LogP contribution < -0.4 is 15.5 Å². The zero-order valence-corrected chi connectivity index (χ0v) is 11.4. The van der Waals surface area contributed by atoms with Crippen molar-refractivity contribution < 1.29 is 14.6 Å². The summed E-state index contributed by atoms with van der Waals surface area (Å²) >= 11 is 0. The van der Waals surface area contributed by atoms with Gasteiger partial charge in [-0.05, 0) is 12.1 Å². The van der Waals surface area contributed by atoms with Crippen LogP contribution in [0.4, 0.5) is 5.69 Å². The first-order valence-electron chi connectivity index (χ1n) is 6.22. The quantitative estimate of drug-likeness (QED) is 0.830. The molecular formula is C14H15N3O4. The van der Waals surface area contributed by atoms with Crippen LogP contribution in [0.25, 0.3) is 0 Å². The van der Waals surface area contributed by atoms with Crippen molar-refractivity contribution in [2.45, 2.75) is 13.2 Å². The number of methoxy groups -OCH3 is 1. The smallest absolute Gasteiger partial charge is 0.244 e. The molecule has 0 atom stereocenters. The van der Waals surface area contributed by atoms with E-state index in [4.69, 9.17) is 4.74 Å². The van der Waals surface area contributed by atoms with Gasteiger partial charge in [0, 0.05) is 18.0 Å². The van der Waals surface area contributed by atoms with Crippen LogP contribution in [0.5, 0.6) is 5.75 Å². The van der Waals surface area contributed by atoms with Crippen molar-refractivity contribution in [1.29, 1.82) is 0 Å². The predicted molar refractivity (Wildman–Crippen MR) is 76.0 cm³/mol. The van der Waals surface area contributed by atoms with Crippen molar-refractivity contribution in [1.82, 2.24) is 9.55 Å². The number of amides is 1. The highest BCUT2D eigenvalue weighted by atomic mass is 16.5. The topological polar surface area (TPSA) is 93.4 Å². The van der Waals surface area contributed by atoms with Gasteiger partial charge < -0.3 is 19.7 Å². The number of aliphatic hydroxyl groups is 1. The fourth-order valence-corrected chi connectivity index (χ4v) is 1.82. The van der Waals surface area contributed by atoms with Crippen molar-refractivity contribution in [3.63, 3.8) is 0 Å². The molecule has 2 N–H and O–H groups in total. The first-order valence-corrected chi connectivity index (χ1v) is 6.22. The first-order chi connectivity index (χ1) is 10.1. The van der Waals surface area contributed by atoms with Gasteiger partial charge in [-0.25, -0.2) is 0 Å². The van der Waals surface area contributed by atoms with Gasteiger partial charge in [-0.1, -0.05) is 0 Å². The molecule has 7 nitrogen and oxygen atoms in total. The third-order valence-electron chi connectivity index (χ3n) is 2.82. The Labute approximate surface area is 120 Å². The molecular weight excluding hydrogens is 274 g/mol.